The lowest BCUT2D eigenvalue weighted by atomic mass is 9.75. The van der Waals surface area contributed by atoms with E-state index in [1.54, 1.807) is 0 Å². The highest BCUT2D eigenvalue weighted by Crippen LogP contribution is 2.35. The van der Waals surface area contributed by atoms with E-state index >= 15 is 0 Å². The Labute approximate surface area is 133 Å². The molecule has 1 aliphatic heterocycles. The first-order valence-corrected chi connectivity index (χ1v) is 9.97. The van der Waals surface area contributed by atoms with Crippen LogP contribution < -0.4 is 10.6 Å². The molecule has 128 valence electrons. The molecule has 1 saturated heterocycles. The van der Waals surface area contributed by atoms with Crippen LogP contribution in [0.5, 0.6) is 0 Å². The van der Waals surface area contributed by atoms with Crippen LogP contribution in [0.3, 0.4) is 0 Å². The summed E-state index contributed by atoms with van der Waals surface area (Å²) >= 11 is 0. The molecule has 0 unspecified atom stereocenters. The topological polar surface area (TPSA) is 78.5 Å². The average molecular weight is 331 g/mol. The molecule has 2 aliphatic rings. The van der Waals surface area contributed by atoms with Gasteiger partial charge in [-0.15, -0.1) is 0 Å². The molecule has 0 aromatic carbocycles. The number of likely N-dealkylation sites (N-methyl/N-ethyl adjacent to an activating group) is 1. The fourth-order valence-electron chi connectivity index (χ4n) is 3.75. The number of sulfone groups is 1. The number of amides is 2. The predicted octanol–water partition coefficient (Wildman–Crippen LogP) is 0.983. The van der Waals surface area contributed by atoms with E-state index in [4.69, 9.17) is 0 Å². The standard InChI is InChI=1S/C15H29N3O3S/c1-12-5-4-7-15(9-12,18(2)3)11-16-14(19)17-13-6-8-22(20,21)10-13/h12-13H,4-11H2,1-3H3,(H2,16,17,19)/t12-,13-,15+/m1/s1. The van der Waals surface area contributed by atoms with E-state index in [-0.39, 0.29) is 29.1 Å². The van der Waals surface area contributed by atoms with Crippen molar-refractivity contribution in [2.45, 2.75) is 50.6 Å². The Kier molecular flexibility index (Phi) is 5.37. The van der Waals surface area contributed by atoms with Crippen molar-refractivity contribution < 1.29 is 13.2 Å². The summed E-state index contributed by atoms with van der Waals surface area (Å²) in [5.74, 6) is 0.911. The molecule has 3 atom stereocenters. The van der Waals surface area contributed by atoms with Crippen LogP contribution >= 0.6 is 0 Å². The Morgan fingerprint density at radius 2 is 2.05 bits per heavy atom. The lowest BCUT2D eigenvalue weighted by molar-refractivity contribution is 0.0772. The minimum atomic E-state index is -2.96. The van der Waals surface area contributed by atoms with Crippen LogP contribution in [-0.4, -0.2) is 63.1 Å². The molecular weight excluding hydrogens is 302 g/mol. The first kappa shape index (κ1) is 17.5. The van der Waals surface area contributed by atoms with E-state index in [2.05, 4.69) is 36.6 Å². The van der Waals surface area contributed by atoms with Crippen molar-refractivity contribution in [1.29, 1.82) is 0 Å². The summed E-state index contributed by atoms with van der Waals surface area (Å²) in [6.07, 6.45) is 5.12. The predicted molar refractivity (Wildman–Crippen MR) is 87.6 cm³/mol. The van der Waals surface area contributed by atoms with Crippen molar-refractivity contribution in [2.24, 2.45) is 5.92 Å². The van der Waals surface area contributed by atoms with E-state index in [1.165, 1.54) is 12.8 Å². The number of hydrogen-bond donors (Lipinski definition) is 2. The smallest absolute Gasteiger partial charge is 0.315 e. The van der Waals surface area contributed by atoms with Crippen LogP contribution in [-0.2, 0) is 9.84 Å². The Balaban J connectivity index is 1.86. The Morgan fingerprint density at radius 3 is 2.59 bits per heavy atom. The maximum Gasteiger partial charge on any atom is 0.315 e. The van der Waals surface area contributed by atoms with E-state index in [0.29, 0.717) is 18.9 Å². The van der Waals surface area contributed by atoms with Crippen LogP contribution in [0.4, 0.5) is 4.79 Å². The minimum absolute atomic E-state index is 0.0107. The summed E-state index contributed by atoms with van der Waals surface area (Å²) in [6, 6.07) is -0.493. The molecule has 0 aromatic heterocycles. The number of carbonyl (C=O) groups excluding carboxylic acids is 1. The second-order valence-electron chi connectivity index (χ2n) is 7.25. The van der Waals surface area contributed by atoms with Gasteiger partial charge >= 0.3 is 6.03 Å². The lowest BCUT2D eigenvalue weighted by Crippen LogP contribution is -2.56. The third-order valence-electron chi connectivity index (χ3n) is 5.16. The first-order valence-electron chi connectivity index (χ1n) is 8.15. The van der Waals surface area contributed by atoms with E-state index < -0.39 is 9.84 Å². The zero-order valence-corrected chi connectivity index (χ0v) is 14.7. The Bertz CT molecular complexity index is 506. The SMILES string of the molecule is C[C@@H]1CCC[C@](CNC(=O)N[C@@H]2CCS(=O)(=O)C2)(N(C)C)C1. The molecule has 0 bridgehead atoms. The van der Waals surface area contributed by atoms with Crippen LogP contribution in [0.1, 0.15) is 39.0 Å². The molecule has 1 heterocycles. The fraction of sp³-hybridized carbons (Fsp3) is 0.933. The molecule has 2 fully saturated rings. The monoisotopic (exact) mass is 331 g/mol. The molecule has 1 aliphatic carbocycles. The van der Waals surface area contributed by atoms with Crippen LogP contribution in [0.25, 0.3) is 0 Å². The largest absolute Gasteiger partial charge is 0.336 e. The van der Waals surface area contributed by atoms with Gasteiger partial charge in [0.25, 0.3) is 0 Å². The molecule has 2 N–H and O–H groups in total. The number of hydrogen-bond acceptors (Lipinski definition) is 4. The normalized spacial score (nSPS) is 34.5. The summed E-state index contributed by atoms with van der Waals surface area (Å²) in [5, 5.41) is 5.76. The van der Waals surface area contributed by atoms with E-state index in [1.807, 2.05) is 0 Å². The number of nitrogens with one attached hydrogen (secondary N) is 2. The van der Waals surface area contributed by atoms with Gasteiger partial charge in [-0.3, -0.25) is 0 Å². The van der Waals surface area contributed by atoms with Gasteiger partial charge in [0.05, 0.1) is 11.5 Å². The maximum atomic E-state index is 12.1. The number of urea groups is 1. The summed E-state index contributed by atoms with van der Waals surface area (Å²) in [6.45, 7) is 2.87. The van der Waals surface area contributed by atoms with Crippen LogP contribution in [0.2, 0.25) is 0 Å². The number of nitrogens with zero attached hydrogens (tertiary/aromatic N) is 1. The van der Waals surface area contributed by atoms with Gasteiger partial charge in [-0.25, -0.2) is 13.2 Å². The van der Waals surface area contributed by atoms with Crippen molar-refractivity contribution in [3.8, 4) is 0 Å². The highest BCUT2D eigenvalue weighted by molar-refractivity contribution is 7.91. The fourth-order valence-corrected chi connectivity index (χ4v) is 5.42. The first-order chi connectivity index (χ1) is 10.2. The summed E-state index contributed by atoms with van der Waals surface area (Å²) < 4.78 is 22.9. The van der Waals surface area contributed by atoms with Crippen molar-refractivity contribution in [3.05, 3.63) is 0 Å². The van der Waals surface area contributed by atoms with Crippen molar-refractivity contribution >= 4 is 15.9 Å². The summed E-state index contributed by atoms with van der Waals surface area (Å²) in [5.41, 5.74) is 0.0107. The van der Waals surface area contributed by atoms with Gasteiger partial charge in [-0.05, 0) is 39.3 Å². The Hall–Kier alpha value is -0.820. The molecule has 2 rings (SSSR count). The second kappa shape index (κ2) is 6.74. The Morgan fingerprint density at radius 1 is 1.32 bits per heavy atom. The highest BCUT2D eigenvalue weighted by atomic mass is 32.2. The quantitative estimate of drug-likeness (QED) is 0.805. The highest BCUT2D eigenvalue weighted by Gasteiger charge is 2.37. The van der Waals surface area contributed by atoms with Crippen molar-refractivity contribution in [3.63, 3.8) is 0 Å². The molecule has 0 spiro atoms. The van der Waals surface area contributed by atoms with E-state index in [0.717, 1.165) is 12.8 Å². The molecule has 1 saturated carbocycles. The summed E-state index contributed by atoms with van der Waals surface area (Å²) in [4.78, 5) is 14.3. The van der Waals surface area contributed by atoms with Crippen molar-refractivity contribution in [1.82, 2.24) is 15.5 Å². The third-order valence-corrected chi connectivity index (χ3v) is 6.93. The minimum Gasteiger partial charge on any atom is -0.336 e. The molecule has 6 nitrogen and oxygen atoms in total. The molecule has 2 amide bonds. The van der Waals surface area contributed by atoms with Crippen LogP contribution in [0, 0.1) is 5.92 Å². The van der Waals surface area contributed by atoms with Gasteiger partial charge in [-0.2, -0.15) is 0 Å². The molecule has 7 heteroatoms. The third kappa shape index (κ3) is 4.35. The van der Waals surface area contributed by atoms with Gasteiger partial charge in [0, 0.05) is 18.1 Å². The van der Waals surface area contributed by atoms with Gasteiger partial charge in [0.2, 0.25) is 0 Å². The molecule has 0 radical (unpaired) electrons. The van der Waals surface area contributed by atoms with Gasteiger partial charge < -0.3 is 15.5 Å². The molecule has 22 heavy (non-hydrogen) atoms. The zero-order valence-electron chi connectivity index (χ0n) is 13.9. The second-order valence-corrected chi connectivity index (χ2v) is 9.48. The average Bonchev–Trinajstić information content (AvgIpc) is 2.75. The number of rotatable bonds is 4. The van der Waals surface area contributed by atoms with E-state index in [9.17, 15) is 13.2 Å². The van der Waals surface area contributed by atoms with Gasteiger partial charge in [0.15, 0.2) is 9.84 Å². The number of carbonyl (C=O) groups is 1. The van der Waals surface area contributed by atoms with Gasteiger partial charge in [0.1, 0.15) is 0 Å². The van der Waals surface area contributed by atoms with Crippen LogP contribution in [0.15, 0.2) is 0 Å². The zero-order chi connectivity index (χ0) is 16.4. The lowest BCUT2D eigenvalue weighted by Gasteiger charge is -2.45. The van der Waals surface area contributed by atoms with Gasteiger partial charge in [-0.1, -0.05) is 19.8 Å². The molecule has 0 aromatic rings. The molecular formula is C15H29N3O3S. The van der Waals surface area contributed by atoms with Crippen molar-refractivity contribution in [2.75, 3.05) is 32.1 Å². The summed E-state index contributed by atoms with van der Waals surface area (Å²) in [7, 11) is 1.18. The maximum absolute atomic E-state index is 12.1.